The van der Waals surface area contributed by atoms with Crippen LogP contribution in [0.25, 0.3) is 4.85 Å². The summed E-state index contributed by atoms with van der Waals surface area (Å²) in [6.45, 7) is 26.8. The van der Waals surface area contributed by atoms with Gasteiger partial charge in [-0.05, 0) is 109 Å². The van der Waals surface area contributed by atoms with Gasteiger partial charge < -0.3 is 4.57 Å². The van der Waals surface area contributed by atoms with Crippen molar-refractivity contribution in [2.24, 2.45) is 5.92 Å². The molecule has 3 nitrogen and oxygen atoms in total. The molecule has 3 heteroatoms. The summed E-state index contributed by atoms with van der Waals surface area (Å²) in [6.07, 6.45) is 5.14. The molecule has 1 saturated carbocycles. The van der Waals surface area contributed by atoms with E-state index in [1.165, 1.54) is 47.2 Å². The van der Waals surface area contributed by atoms with E-state index in [0.29, 0.717) is 5.69 Å². The number of rotatable bonds is 4. The van der Waals surface area contributed by atoms with E-state index in [9.17, 15) is 0 Å². The van der Waals surface area contributed by atoms with Gasteiger partial charge in [0.15, 0.2) is 5.69 Å². The fourth-order valence-corrected chi connectivity index (χ4v) is 5.85. The lowest BCUT2D eigenvalue weighted by Crippen LogP contribution is -2.31. The first kappa shape index (κ1) is 26.7. The number of aromatic nitrogens is 2. The maximum Gasteiger partial charge on any atom is 0.187 e. The zero-order chi connectivity index (χ0) is 25.9. The Labute approximate surface area is 213 Å². The predicted octanol–water partition coefficient (Wildman–Crippen LogP) is 8.85. The maximum atomic E-state index is 6.64. The molecule has 186 valence electrons. The summed E-state index contributed by atoms with van der Waals surface area (Å²) in [5.41, 5.74) is 10.4. The van der Waals surface area contributed by atoms with Crippen LogP contribution in [0.3, 0.4) is 0 Å². The lowest BCUT2D eigenvalue weighted by atomic mass is 9.85. The summed E-state index contributed by atoms with van der Waals surface area (Å²) in [5.74, 6) is 2.77. The molecule has 0 radical (unpaired) electrons. The first-order valence-corrected chi connectivity index (χ1v) is 13.0. The molecule has 3 aromatic rings. The van der Waals surface area contributed by atoms with Crippen LogP contribution in [-0.2, 0) is 12.0 Å². The molecule has 2 unspecified atom stereocenters. The molecule has 1 heterocycles. The average Bonchev–Trinajstić information content (AvgIpc) is 3.33. The van der Waals surface area contributed by atoms with E-state index in [2.05, 4.69) is 76.9 Å². The largest absolute Gasteiger partial charge is 0.326 e. The van der Waals surface area contributed by atoms with Crippen molar-refractivity contribution >= 4 is 5.69 Å². The Bertz CT molecular complexity index is 1210. The van der Waals surface area contributed by atoms with E-state index in [1.54, 1.807) is 5.56 Å². The topological polar surface area (TPSA) is 22.2 Å². The van der Waals surface area contributed by atoms with Crippen molar-refractivity contribution in [2.45, 2.75) is 99.5 Å². The molecule has 4 rings (SSSR count). The van der Waals surface area contributed by atoms with Gasteiger partial charge in [0, 0.05) is 11.2 Å². The van der Waals surface area contributed by atoms with Crippen LogP contribution < -0.4 is 0 Å². The Balaban J connectivity index is 0.000000320. The van der Waals surface area contributed by atoms with Crippen molar-refractivity contribution in [2.75, 3.05) is 0 Å². The van der Waals surface area contributed by atoms with Gasteiger partial charge in [0.2, 0.25) is 0 Å². The van der Waals surface area contributed by atoms with E-state index in [-0.39, 0.29) is 5.54 Å². The second-order valence-corrected chi connectivity index (χ2v) is 11.4. The van der Waals surface area contributed by atoms with Gasteiger partial charge in [-0.1, -0.05) is 55.3 Å². The van der Waals surface area contributed by atoms with Gasteiger partial charge in [0.1, 0.15) is 5.82 Å². The van der Waals surface area contributed by atoms with Gasteiger partial charge in [-0.25, -0.2) is 9.83 Å². The third-order valence-corrected chi connectivity index (χ3v) is 7.76. The zero-order valence-electron chi connectivity index (χ0n) is 23.3. The standard InChI is InChI=1S/C24H36N2.C8H7N/c1-15-9-10-21(11-15)23-13-16(2)22(12-17(23)3)14-24(7,8)26-19(5)18(4)25-20(26)6;1-7-3-5-8(9-2)6-4-7/h12-13,15,21H,9-11,14H2,1-8H3;3-6H,1H3. The highest BCUT2D eigenvalue weighted by molar-refractivity contribution is 5.45. The fourth-order valence-electron chi connectivity index (χ4n) is 5.85. The number of hydrogen-bond donors (Lipinski definition) is 0. The molecule has 0 bridgehead atoms. The molecule has 0 saturated heterocycles. The zero-order valence-corrected chi connectivity index (χ0v) is 23.3. The molecule has 1 aliphatic rings. The predicted molar refractivity (Wildman–Crippen MR) is 149 cm³/mol. The summed E-state index contributed by atoms with van der Waals surface area (Å²) >= 11 is 0. The summed E-state index contributed by atoms with van der Waals surface area (Å²) in [5, 5.41) is 0. The smallest absolute Gasteiger partial charge is 0.187 e. The van der Waals surface area contributed by atoms with Crippen LogP contribution in [0.1, 0.15) is 91.0 Å². The third-order valence-electron chi connectivity index (χ3n) is 7.76. The molecule has 0 spiro atoms. The summed E-state index contributed by atoms with van der Waals surface area (Å²) in [6, 6.07) is 12.5. The summed E-state index contributed by atoms with van der Waals surface area (Å²) in [7, 11) is 0. The van der Waals surface area contributed by atoms with Crippen molar-refractivity contribution in [1.29, 1.82) is 0 Å². The normalized spacial score (nSPS) is 17.6. The van der Waals surface area contributed by atoms with Crippen LogP contribution in [-0.4, -0.2) is 9.55 Å². The number of aryl methyl sites for hydroxylation is 5. The van der Waals surface area contributed by atoms with Gasteiger partial charge in [0.25, 0.3) is 0 Å². The van der Waals surface area contributed by atoms with Gasteiger partial charge in [-0.3, -0.25) is 0 Å². The first-order valence-electron chi connectivity index (χ1n) is 13.0. The minimum atomic E-state index is 0.0238. The quantitative estimate of drug-likeness (QED) is 0.350. The molecule has 2 aromatic carbocycles. The van der Waals surface area contributed by atoms with Crippen molar-refractivity contribution < 1.29 is 0 Å². The minimum Gasteiger partial charge on any atom is -0.326 e. The van der Waals surface area contributed by atoms with Gasteiger partial charge in [-0.2, -0.15) is 0 Å². The molecular weight excluding hydrogens is 426 g/mol. The minimum absolute atomic E-state index is 0.0238. The van der Waals surface area contributed by atoms with E-state index < -0.39 is 0 Å². The highest BCUT2D eigenvalue weighted by Crippen LogP contribution is 2.40. The van der Waals surface area contributed by atoms with Crippen molar-refractivity contribution in [1.82, 2.24) is 9.55 Å². The molecule has 35 heavy (non-hydrogen) atoms. The number of imidazole rings is 1. The SMILES string of the molecule is Cc1cc(C2CCC(C)C2)c(C)cc1CC(C)(C)n1c(C)nc(C)c1C.[C-]#[N+]c1ccc(C)cc1. The average molecular weight is 470 g/mol. The molecule has 2 atom stereocenters. The molecule has 1 aromatic heterocycles. The van der Waals surface area contributed by atoms with Crippen LogP contribution in [0.15, 0.2) is 36.4 Å². The summed E-state index contributed by atoms with van der Waals surface area (Å²) < 4.78 is 2.42. The Hall–Kier alpha value is -2.86. The highest BCUT2D eigenvalue weighted by atomic mass is 15.1. The molecular formula is C32H43N3. The number of nitrogens with zero attached hydrogens (tertiary/aromatic N) is 3. The molecule has 0 aliphatic heterocycles. The number of hydrogen-bond acceptors (Lipinski definition) is 1. The first-order chi connectivity index (χ1) is 16.4. The molecule has 0 N–H and O–H groups in total. The lowest BCUT2D eigenvalue weighted by Gasteiger charge is -2.31. The van der Waals surface area contributed by atoms with Crippen molar-refractivity contribution in [3.8, 4) is 0 Å². The van der Waals surface area contributed by atoms with E-state index in [1.807, 2.05) is 31.2 Å². The van der Waals surface area contributed by atoms with Crippen molar-refractivity contribution in [3.05, 3.63) is 92.8 Å². The van der Waals surface area contributed by atoms with Crippen LogP contribution in [0, 0.1) is 54.0 Å². The molecule has 0 amide bonds. The molecule has 1 aliphatic carbocycles. The Morgan fingerprint density at radius 3 is 2.14 bits per heavy atom. The van der Waals surface area contributed by atoms with E-state index in [0.717, 1.165) is 29.8 Å². The van der Waals surface area contributed by atoms with Crippen LogP contribution >= 0.6 is 0 Å². The lowest BCUT2D eigenvalue weighted by molar-refractivity contribution is 0.338. The third kappa shape index (κ3) is 6.23. The number of benzene rings is 2. The highest BCUT2D eigenvalue weighted by Gasteiger charge is 2.28. The Kier molecular flexibility index (Phi) is 8.26. The van der Waals surface area contributed by atoms with E-state index >= 15 is 0 Å². The monoisotopic (exact) mass is 469 g/mol. The van der Waals surface area contributed by atoms with Crippen LogP contribution in [0.5, 0.6) is 0 Å². The van der Waals surface area contributed by atoms with Gasteiger partial charge >= 0.3 is 0 Å². The van der Waals surface area contributed by atoms with Crippen molar-refractivity contribution in [3.63, 3.8) is 0 Å². The van der Waals surface area contributed by atoms with Gasteiger partial charge in [0.05, 0.1) is 12.3 Å². The summed E-state index contributed by atoms with van der Waals surface area (Å²) in [4.78, 5) is 7.96. The van der Waals surface area contributed by atoms with E-state index in [4.69, 9.17) is 11.6 Å². The second kappa shape index (κ2) is 10.8. The Morgan fingerprint density at radius 2 is 1.63 bits per heavy atom. The molecule has 1 fully saturated rings. The van der Waals surface area contributed by atoms with Gasteiger partial charge in [-0.15, -0.1) is 0 Å². The Morgan fingerprint density at radius 1 is 0.971 bits per heavy atom. The van der Waals surface area contributed by atoms with Crippen LogP contribution in [0.4, 0.5) is 5.69 Å². The maximum absolute atomic E-state index is 6.64. The van der Waals surface area contributed by atoms with Crippen LogP contribution in [0.2, 0.25) is 0 Å². The second-order valence-electron chi connectivity index (χ2n) is 11.4. The fraction of sp³-hybridized carbons (Fsp3) is 0.500.